The van der Waals surface area contributed by atoms with E-state index in [1.54, 1.807) is 0 Å². The summed E-state index contributed by atoms with van der Waals surface area (Å²) in [7, 11) is 0. The van der Waals surface area contributed by atoms with Gasteiger partial charge in [0, 0.05) is 6.54 Å². The van der Waals surface area contributed by atoms with Gasteiger partial charge in [-0.1, -0.05) is 62.4 Å². The summed E-state index contributed by atoms with van der Waals surface area (Å²) in [5.41, 5.74) is 2.20. The van der Waals surface area contributed by atoms with E-state index in [-0.39, 0.29) is 12.5 Å². The van der Waals surface area contributed by atoms with Crippen LogP contribution in [-0.4, -0.2) is 12.5 Å². The highest BCUT2D eigenvalue weighted by Crippen LogP contribution is 2.25. The highest BCUT2D eigenvalue weighted by molar-refractivity contribution is 5.77. The first kappa shape index (κ1) is 15.1. The van der Waals surface area contributed by atoms with Gasteiger partial charge >= 0.3 is 0 Å². The van der Waals surface area contributed by atoms with Crippen LogP contribution in [0.15, 0.2) is 54.6 Å². The Balaban J connectivity index is 1.84. The van der Waals surface area contributed by atoms with E-state index in [1.807, 2.05) is 54.6 Å². The molecule has 0 fully saturated rings. The number of rotatable bonds is 6. The molecule has 2 rings (SSSR count). The molecule has 0 aromatic heterocycles. The Bertz CT molecular complexity index is 579. The van der Waals surface area contributed by atoms with Crippen molar-refractivity contribution in [2.45, 2.75) is 26.3 Å². The molecular formula is C18H21NO2. The second kappa shape index (κ2) is 7.48. The van der Waals surface area contributed by atoms with E-state index < -0.39 is 0 Å². The van der Waals surface area contributed by atoms with Crippen LogP contribution in [-0.2, 0) is 11.3 Å². The van der Waals surface area contributed by atoms with E-state index in [0.29, 0.717) is 12.5 Å². The fourth-order valence-corrected chi connectivity index (χ4v) is 2.08. The molecule has 21 heavy (non-hydrogen) atoms. The Morgan fingerprint density at radius 2 is 1.71 bits per heavy atom. The molecule has 0 aliphatic heterocycles. The zero-order chi connectivity index (χ0) is 15.1. The van der Waals surface area contributed by atoms with Gasteiger partial charge in [-0.25, -0.2) is 0 Å². The quantitative estimate of drug-likeness (QED) is 0.881. The molecule has 110 valence electrons. The lowest BCUT2D eigenvalue weighted by molar-refractivity contribution is -0.123. The minimum Gasteiger partial charge on any atom is -0.483 e. The van der Waals surface area contributed by atoms with Crippen LogP contribution in [0.1, 0.15) is 30.9 Å². The first-order chi connectivity index (χ1) is 10.2. The molecule has 0 heterocycles. The number of amides is 1. The lowest BCUT2D eigenvalue weighted by Crippen LogP contribution is -2.28. The molecule has 1 amide bonds. The summed E-state index contributed by atoms with van der Waals surface area (Å²) in [6, 6.07) is 17.7. The zero-order valence-electron chi connectivity index (χ0n) is 12.5. The third-order valence-corrected chi connectivity index (χ3v) is 3.23. The molecule has 0 aliphatic rings. The number of nitrogens with one attached hydrogen (secondary N) is 1. The van der Waals surface area contributed by atoms with Crippen molar-refractivity contribution < 1.29 is 9.53 Å². The summed E-state index contributed by atoms with van der Waals surface area (Å²) < 4.78 is 5.64. The highest BCUT2D eigenvalue weighted by atomic mass is 16.5. The second-order valence-corrected chi connectivity index (χ2v) is 5.24. The van der Waals surface area contributed by atoms with Crippen molar-refractivity contribution in [3.63, 3.8) is 0 Å². The van der Waals surface area contributed by atoms with Crippen LogP contribution in [0, 0.1) is 0 Å². The average molecular weight is 283 g/mol. The number of para-hydroxylation sites is 1. The average Bonchev–Trinajstić information content (AvgIpc) is 2.52. The summed E-state index contributed by atoms with van der Waals surface area (Å²) >= 11 is 0. The fraction of sp³-hybridized carbons (Fsp3) is 0.278. The van der Waals surface area contributed by atoms with Crippen molar-refractivity contribution in [3.05, 3.63) is 65.7 Å². The van der Waals surface area contributed by atoms with Crippen LogP contribution in [0.4, 0.5) is 0 Å². The van der Waals surface area contributed by atoms with Crippen LogP contribution in [0.25, 0.3) is 0 Å². The maximum atomic E-state index is 11.8. The second-order valence-electron chi connectivity index (χ2n) is 5.24. The van der Waals surface area contributed by atoms with E-state index in [9.17, 15) is 4.79 Å². The number of hydrogen-bond acceptors (Lipinski definition) is 2. The zero-order valence-corrected chi connectivity index (χ0v) is 12.5. The molecule has 0 spiro atoms. The highest BCUT2D eigenvalue weighted by Gasteiger charge is 2.08. The summed E-state index contributed by atoms with van der Waals surface area (Å²) in [5.74, 6) is 1.04. The van der Waals surface area contributed by atoms with Crippen molar-refractivity contribution in [2.75, 3.05) is 6.61 Å². The smallest absolute Gasteiger partial charge is 0.258 e. The molecule has 0 atom stereocenters. The van der Waals surface area contributed by atoms with Gasteiger partial charge in [0.05, 0.1) is 0 Å². The monoisotopic (exact) mass is 283 g/mol. The first-order valence-corrected chi connectivity index (χ1v) is 7.19. The predicted octanol–water partition coefficient (Wildman–Crippen LogP) is 3.51. The SMILES string of the molecule is CC(C)c1ccccc1OCC(=O)NCc1ccccc1. The maximum absolute atomic E-state index is 11.8. The number of carbonyl (C=O) groups is 1. The van der Waals surface area contributed by atoms with Gasteiger partial charge in [0.1, 0.15) is 5.75 Å². The summed E-state index contributed by atoms with van der Waals surface area (Å²) in [5, 5.41) is 2.85. The largest absolute Gasteiger partial charge is 0.483 e. The van der Waals surface area contributed by atoms with Gasteiger partial charge in [0.25, 0.3) is 5.91 Å². The molecule has 0 unspecified atom stereocenters. The van der Waals surface area contributed by atoms with Crippen molar-refractivity contribution in [1.29, 1.82) is 0 Å². The van der Waals surface area contributed by atoms with Crippen LogP contribution < -0.4 is 10.1 Å². The minimum absolute atomic E-state index is 0.0383. The number of hydrogen-bond donors (Lipinski definition) is 1. The first-order valence-electron chi connectivity index (χ1n) is 7.19. The molecule has 0 saturated heterocycles. The van der Waals surface area contributed by atoms with Gasteiger partial charge < -0.3 is 10.1 Å². The Kier molecular flexibility index (Phi) is 5.38. The third-order valence-electron chi connectivity index (χ3n) is 3.23. The molecule has 0 aliphatic carbocycles. The Hall–Kier alpha value is -2.29. The normalized spacial score (nSPS) is 10.4. The molecule has 0 saturated carbocycles. The number of carbonyl (C=O) groups excluding carboxylic acids is 1. The van der Waals surface area contributed by atoms with Gasteiger partial charge in [-0.3, -0.25) is 4.79 Å². The van der Waals surface area contributed by atoms with Crippen molar-refractivity contribution in [2.24, 2.45) is 0 Å². The van der Waals surface area contributed by atoms with E-state index in [2.05, 4.69) is 19.2 Å². The minimum atomic E-state index is -0.114. The van der Waals surface area contributed by atoms with E-state index in [0.717, 1.165) is 16.9 Å². The number of ether oxygens (including phenoxy) is 1. The van der Waals surface area contributed by atoms with E-state index >= 15 is 0 Å². The molecule has 3 heteroatoms. The Labute approximate surface area is 126 Å². The van der Waals surface area contributed by atoms with Gasteiger partial charge in [-0.2, -0.15) is 0 Å². The lowest BCUT2D eigenvalue weighted by atomic mass is 10.0. The van der Waals surface area contributed by atoms with Gasteiger partial charge in [0.15, 0.2) is 6.61 Å². The lowest BCUT2D eigenvalue weighted by Gasteiger charge is -2.13. The van der Waals surface area contributed by atoms with Crippen LogP contribution in [0.2, 0.25) is 0 Å². The third kappa shape index (κ3) is 4.63. The van der Waals surface area contributed by atoms with Crippen molar-refractivity contribution >= 4 is 5.91 Å². The molecule has 0 radical (unpaired) electrons. The van der Waals surface area contributed by atoms with E-state index in [4.69, 9.17) is 4.74 Å². The maximum Gasteiger partial charge on any atom is 0.258 e. The Morgan fingerprint density at radius 1 is 1.05 bits per heavy atom. The summed E-state index contributed by atoms with van der Waals surface area (Å²) in [6.45, 7) is 4.78. The summed E-state index contributed by atoms with van der Waals surface area (Å²) in [6.07, 6.45) is 0. The molecule has 1 N–H and O–H groups in total. The molecule has 2 aromatic carbocycles. The predicted molar refractivity (Wildman–Crippen MR) is 84.3 cm³/mol. The van der Waals surface area contributed by atoms with Gasteiger partial charge in [-0.15, -0.1) is 0 Å². The van der Waals surface area contributed by atoms with Crippen LogP contribution in [0.5, 0.6) is 5.75 Å². The molecule has 3 nitrogen and oxygen atoms in total. The van der Waals surface area contributed by atoms with Gasteiger partial charge in [-0.05, 0) is 23.1 Å². The molecular weight excluding hydrogens is 262 g/mol. The van der Waals surface area contributed by atoms with Crippen molar-refractivity contribution in [1.82, 2.24) is 5.32 Å². The standard InChI is InChI=1S/C18H21NO2/c1-14(2)16-10-6-7-11-17(16)21-13-18(20)19-12-15-8-4-3-5-9-15/h3-11,14H,12-13H2,1-2H3,(H,19,20). The van der Waals surface area contributed by atoms with Crippen LogP contribution >= 0.6 is 0 Å². The molecule has 2 aromatic rings. The number of benzene rings is 2. The van der Waals surface area contributed by atoms with Crippen molar-refractivity contribution in [3.8, 4) is 5.75 Å². The van der Waals surface area contributed by atoms with E-state index in [1.165, 1.54) is 0 Å². The topological polar surface area (TPSA) is 38.3 Å². The molecule has 0 bridgehead atoms. The van der Waals surface area contributed by atoms with Crippen LogP contribution in [0.3, 0.4) is 0 Å². The van der Waals surface area contributed by atoms with Gasteiger partial charge in [0.2, 0.25) is 0 Å². The summed E-state index contributed by atoms with van der Waals surface area (Å²) in [4.78, 5) is 11.8. The Morgan fingerprint density at radius 3 is 2.43 bits per heavy atom. The fourth-order valence-electron chi connectivity index (χ4n) is 2.08.